The number of halogens is 2. The SMILES string of the molecule is Nc1nnnn1N=Cc1ccc(-c2ccc(Cl)c(Cl)c2)o1. The molecule has 0 atom stereocenters. The Bertz CT molecular complexity index is 810. The highest BCUT2D eigenvalue weighted by molar-refractivity contribution is 6.42. The van der Waals surface area contributed by atoms with E-state index in [9.17, 15) is 0 Å². The van der Waals surface area contributed by atoms with Crippen LogP contribution in [0.1, 0.15) is 5.76 Å². The molecular formula is C12H8Cl2N6O. The van der Waals surface area contributed by atoms with Gasteiger partial charge in [0.2, 0.25) is 0 Å². The normalized spacial score (nSPS) is 11.3. The molecule has 0 saturated heterocycles. The Balaban J connectivity index is 1.84. The van der Waals surface area contributed by atoms with Crippen LogP contribution in [0.3, 0.4) is 0 Å². The Kier molecular flexibility index (Phi) is 3.59. The number of benzene rings is 1. The number of aromatic nitrogens is 4. The predicted molar refractivity (Wildman–Crippen MR) is 79.4 cm³/mol. The maximum atomic E-state index is 5.98. The van der Waals surface area contributed by atoms with Gasteiger partial charge in [-0.05, 0) is 40.8 Å². The highest BCUT2D eigenvalue weighted by atomic mass is 35.5. The lowest BCUT2D eigenvalue weighted by molar-refractivity contribution is 0.573. The molecule has 0 aliphatic heterocycles. The maximum absolute atomic E-state index is 5.98. The van der Waals surface area contributed by atoms with Crippen molar-refractivity contribution in [3.05, 3.63) is 46.1 Å². The van der Waals surface area contributed by atoms with E-state index in [1.165, 1.54) is 6.21 Å². The molecule has 3 aromatic rings. The third kappa shape index (κ3) is 2.88. The van der Waals surface area contributed by atoms with Gasteiger partial charge in [-0.1, -0.05) is 33.1 Å². The van der Waals surface area contributed by atoms with E-state index < -0.39 is 0 Å². The van der Waals surface area contributed by atoms with Crippen molar-refractivity contribution >= 4 is 35.4 Å². The Labute approximate surface area is 129 Å². The van der Waals surface area contributed by atoms with Crippen molar-refractivity contribution < 1.29 is 4.42 Å². The van der Waals surface area contributed by atoms with E-state index in [2.05, 4.69) is 20.6 Å². The fourth-order valence-electron chi connectivity index (χ4n) is 1.61. The summed E-state index contributed by atoms with van der Waals surface area (Å²) in [6, 6.07) is 8.79. The largest absolute Gasteiger partial charge is 0.455 e. The molecule has 0 aliphatic rings. The van der Waals surface area contributed by atoms with Crippen LogP contribution in [-0.2, 0) is 0 Å². The number of furan rings is 1. The third-order valence-corrected chi connectivity index (χ3v) is 3.34. The molecule has 21 heavy (non-hydrogen) atoms. The van der Waals surface area contributed by atoms with Gasteiger partial charge < -0.3 is 10.2 Å². The number of nitrogen functional groups attached to an aromatic ring is 1. The van der Waals surface area contributed by atoms with Crippen molar-refractivity contribution in [2.75, 3.05) is 5.73 Å². The molecule has 0 amide bonds. The summed E-state index contributed by atoms with van der Waals surface area (Å²) in [5.74, 6) is 1.24. The Hall–Kier alpha value is -2.38. The van der Waals surface area contributed by atoms with Crippen LogP contribution in [0.25, 0.3) is 11.3 Å². The van der Waals surface area contributed by atoms with Crippen molar-refractivity contribution in [2.24, 2.45) is 5.10 Å². The van der Waals surface area contributed by atoms with E-state index in [1.54, 1.807) is 24.3 Å². The van der Waals surface area contributed by atoms with E-state index in [4.69, 9.17) is 33.4 Å². The molecule has 106 valence electrons. The number of nitrogens with two attached hydrogens (primary N) is 1. The van der Waals surface area contributed by atoms with Gasteiger partial charge in [0, 0.05) is 5.56 Å². The second kappa shape index (κ2) is 5.55. The van der Waals surface area contributed by atoms with Crippen LogP contribution < -0.4 is 5.73 Å². The Morgan fingerprint density at radius 1 is 1.19 bits per heavy atom. The molecular weight excluding hydrogens is 315 g/mol. The summed E-state index contributed by atoms with van der Waals surface area (Å²) >= 11 is 11.9. The van der Waals surface area contributed by atoms with Crippen LogP contribution in [-0.4, -0.2) is 26.5 Å². The van der Waals surface area contributed by atoms with Gasteiger partial charge in [0.1, 0.15) is 11.5 Å². The summed E-state index contributed by atoms with van der Waals surface area (Å²) in [6.07, 6.45) is 1.45. The van der Waals surface area contributed by atoms with Crippen molar-refractivity contribution in [1.82, 2.24) is 20.3 Å². The van der Waals surface area contributed by atoms with E-state index in [0.29, 0.717) is 21.6 Å². The van der Waals surface area contributed by atoms with Crippen LogP contribution >= 0.6 is 23.2 Å². The highest BCUT2D eigenvalue weighted by Crippen LogP contribution is 2.29. The first-order valence-corrected chi connectivity index (χ1v) is 6.52. The minimum Gasteiger partial charge on any atom is -0.455 e. The summed E-state index contributed by atoms with van der Waals surface area (Å²) in [4.78, 5) is 1.08. The van der Waals surface area contributed by atoms with Gasteiger partial charge in [0.25, 0.3) is 5.95 Å². The minimum atomic E-state index is 0.0857. The fraction of sp³-hybridized carbons (Fsp3) is 0. The molecule has 9 heteroatoms. The molecule has 2 N–H and O–H groups in total. The molecule has 0 bridgehead atoms. The lowest BCUT2D eigenvalue weighted by atomic mass is 10.2. The predicted octanol–water partition coefficient (Wildman–Crippen LogP) is 2.70. The van der Waals surface area contributed by atoms with Gasteiger partial charge in [-0.3, -0.25) is 0 Å². The summed E-state index contributed by atoms with van der Waals surface area (Å²) in [5.41, 5.74) is 6.30. The summed E-state index contributed by atoms with van der Waals surface area (Å²) < 4.78 is 5.63. The van der Waals surface area contributed by atoms with E-state index in [-0.39, 0.29) is 5.95 Å². The molecule has 0 spiro atoms. The zero-order chi connectivity index (χ0) is 14.8. The van der Waals surface area contributed by atoms with Crippen molar-refractivity contribution in [3.63, 3.8) is 0 Å². The lowest BCUT2D eigenvalue weighted by Crippen LogP contribution is -1.99. The van der Waals surface area contributed by atoms with Crippen molar-refractivity contribution in [3.8, 4) is 11.3 Å². The van der Waals surface area contributed by atoms with Gasteiger partial charge in [0.15, 0.2) is 0 Å². The molecule has 7 nitrogen and oxygen atoms in total. The topological polar surface area (TPSA) is 95.1 Å². The molecule has 0 fully saturated rings. The smallest absolute Gasteiger partial charge is 0.263 e. The first kappa shape index (κ1) is 13.6. The monoisotopic (exact) mass is 322 g/mol. The number of hydrogen-bond acceptors (Lipinski definition) is 6. The van der Waals surface area contributed by atoms with Crippen molar-refractivity contribution in [1.29, 1.82) is 0 Å². The molecule has 0 aliphatic carbocycles. The summed E-state index contributed by atoms with van der Waals surface area (Å²) in [6.45, 7) is 0. The average Bonchev–Trinajstić information content (AvgIpc) is 3.09. The van der Waals surface area contributed by atoms with E-state index in [0.717, 1.165) is 10.4 Å². The Morgan fingerprint density at radius 3 is 2.76 bits per heavy atom. The van der Waals surface area contributed by atoms with Crippen LogP contribution in [0.15, 0.2) is 39.9 Å². The molecule has 2 heterocycles. The fourth-order valence-corrected chi connectivity index (χ4v) is 1.91. The first-order chi connectivity index (χ1) is 10.1. The molecule has 0 unspecified atom stereocenters. The van der Waals surface area contributed by atoms with Gasteiger partial charge in [-0.25, -0.2) is 0 Å². The number of hydrogen-bond donors (Lipinski definition) is 1. The number of nitrogens with zero attached hydrogens (tertiary/aromatic N) is 5. The standard InChI is InChI=1S/C12H8Cl2N6O/c13-9-3-1-7(5-10(9)14)11-4-2-8(21-11)6-16-20-12(15)17-18-19-20/h1-6H,(H2,15,17,19). The third-order valence-electron chi connectivity index (χ3n) is 2.60. The molecule has 3 rings (SSSR count). The van der Waals surface area contributed by atoms with Gasteiger partial charge in [0.05, 0.1) is 16.3 Å². The maximum Gasteiger partial charge on any atom is 0.263 e. The molecule has 0 radical (unpaired) electrons. The number of rotatable bonds is 3. The first-order valence-electron chi connectivity index (χ1n) is 5.77. The Morgan fingerprint density at radius 2 is 2.05 bits per heavy atom. The van der Waals surface area contributed by atoms with Crippen LogP contribution in [0, 0.1) is 0 Å². The van der Waals surface area contributed by atoms with Crippen LogP contribution in [0.2, 0.25) is 10.0 Å². The second-order valence-corrected chi connectivity index (χ2v) is 4.82. The van der Waals surface area contributed by atoms with Crippen LogP contribution in [0.5, 0.6) is 0 Å². The quantitative estimate of drug-likeness (QED) is 0.748. The highest BCUT2D eigenvalue weighted by Gasteiger charge is 2.06. The zero-order valence-corrected chi connectivity index (χ0v) is 12.0. The van der Waals surface area contributed by atoms with Crippen molar-refractivity contribution in [2.45, 2.75) is 0 Å². The molecule has 2 aromatic heterocycles. The van der Waals surface area contributed by atoms with Gasteiger partial charge >= 0.3 is 0 Å². The molecule has 0 saturated carbocycles. The van der Waals surface area contributed by atoms with Crippen LogP contribution in [0.4, 0.5) is 5.95 Å². The second-order valence-electron chi connectivity index (χ2n) is 4.00. The zero-order valence-electron chi connectivity index (χ0n) is 10.4. The minimum absolute atomic E-state index is 0.0857. The number of tetrazole rings is 1. The van der Waals surface area contributed by atoms with Gasteiger partial charge in [-0.2, -0.15) is 5.10 Å². The van der Waals surface area contributed by atoms with E-state index in [1.807, 2.05) is 6.07 Å². The summed E-state index contributed by atoms with van der Waals surface area (Å²) in [7, 11) is 0. The molecule has 1 aromatic carbocycles. The average molecular weight is 323 g/mol. The summed E-state index contributed by atoms with van der Waals surface area (Å²) in [5, 5.41) is 15.4. The lowest BCUT2D eigenvalue weighted by Gasteiger charge is -1.99. The number of anilines is 1. The van der Waals surface area contributed by atoms with Gasteiger partial charge in [-0.15, -0.1) is 0 Å². The van der Waals surface area contributed by atoms with E-state index >= 15 is 0 Å².